The summed E-state index contributed by atoms with van der Waals surface area (Å²) in [6.45, 7) is 31.3. The first-order chi connectivity index (χ1) is 51.3. The Morgan fingerprint density at radius 2 is 0.829 bits per heavy atom. The van der Waals surface area contributed by atoms with Crippen molar-refractivity contribution in [3.63, 3.8) is 0 Å². The average molecular weight is 1670 g/mol. The van der Waals surface area contributed by atoms with Crippen molar-refractivity contribution in [1.82, 2.24) is 50.8 Å². The molecule has 31 nitrogen and oxygen atoms in total. The molecule has 622 valence electrons. The molecule has 0 aromatic carbocycles. The summed E-state index contributed by atoms with van der Waals surface area (Å²) in [5, 5.41) is 128. The van der Waals surface area contributed by atoms with E-state index in [1.165, 1.54) is 47.7 Å². The summed E-state index contributed by atoms with van der Waals surface area (Å²) in [7, 11) is 1.35. The van der Waals surface area contributed by atoms with Crippen LogP contribution in [-0.4, -0.2) is 350 Å². The molecule has 37 heteroatoms. The van der Waals surface area contributed by atoms with Crippen molar-refractivity contribution < 1.29 is 94.2 Å². The highest BCUT2D eigenvalue weighted by atomic mass is 32.1. The van der Waals surface area contributed by atoms with Crippen molar-refractivity contribution in [3.8, 4) is 11.8 Å². The van der Waals surface area contributed by atoms with E-state index in [0.29, 0.717) is 59.8 Å². The zero-order chi connectivity index (χ0) is 83.7. The van der Waals surface area contributed by atoms with Crippen molar-refractivity contribution in [2.75, 3.05) is 104 Å². The van der Waals surface area contributed by atoms with Crippen LogP contribution in [0.1, 0.15) is 45.3 Å². The van der Waals surface area contributed by atoms with Crippen LogP contribution in [0.4, 0.5) is 4.79 Å². The van der Waals surface area contributed by atoms with E-state index in [0.717, 1.165) is 39.9 Å². The Hall–Kier alpha value is -5.48. The fourth-order valence-electron chi connectivity index (χ4n) is 12.6. The van der Waals surface area contributed by atoms with Crippen LogP contribution in [-0.2, 0) is 40.3 Å². The summed E-state index contributed by atoms with van der Waals surface area (Å²) in [5.74, 6) is 5.09. The molecule has 4 amide bonds. The van der Waals surface area contributed by atoms with Crippen molar-refractivity contribution >= 4 is 101 Å². The highest BCUT2D eigenvalue weighted by Gasteiger charge is 2.50. The van der Waals surface area contributed by atoms with Gasteiger partial charge in [0.05, 0.1) is 42.7 Å². The molecule has 0 saturated carbocycles. The first-order valence-electron chi connectivity index (χ1n) is 36.0. The number of nitrogens with one attached hydrogen (secondary N) is 6. The second-order valence-corrected chi connectivity index (χ2v) is 54.1. The van der Waals surface area contributed by atoms with E-state index in [4.69, 9.17) is 35.9 Å². The van der Waals surface area contributed by atoms with E-state index < -0.39 is 175 Å². The van der Waals surface area contributed by atoms with Gasteiger partial charge in [0.1, 0.15) is 90.5 Å². The Morgan fingerprint density at radius 3 is 1.21 bits per heavy atom. The number of amides is 4. The van der Waals surface area contributed by atoms with Crippen LogP contribution in [0, 0.1) is 11.8 Å². The van der Waals surface area contributed by atoms with Gasteiger partial charge in [-0.05, 0) is 149 Å². The molecule has 0 unspecified atom stereocenters. The Labute approximate surface area is 656 Å². The van der Waals surface area contributed by atoms with Gasteiger partial charge in [-0.3, -0.25) is 23.5 Å². The maximum atomic E-state index is 12.1. The zero-order valence-corrected chi connectivity index (χ0v) is 70.9. The topological polar surface area (TPSA) is 443 Å². The Morgan fingerprint density at radius 1 is 0.477 bits per heavy atom. The lowest BCUT2D eigenvalue weighted by Crippen LogP contribution is -2.48. The molecule has 9 aliphatic rings. The molecule has 5 fully saturated rings. The van der Waals surface area contributed by atoms with E-state index in [-0.39, 0.29) is 40.8 Å². The van der Waals surface area contributed by atoms with Crippen molar-refractivity contribution in [2.45, 2.75) is 161 Å². The number of aromatic nitrogens is 2. The third-order valence-electron chi connectivity index (χ3n) is 19.1. The van der Waals surface area contributed by atoms with Gasteiger partial charge in [0.2, 0.25) is 0 Å². The summed E-state index contributed by atoms with van der Waals surface area (Å²) in [6.07, 6.45) is 18.6. The van der Waals surface area contributed by atoms with Crippen LogP contribution in [0.25, 0.3) is 0 Å². The molecule has 0 radical (unpaired) electrons. The second kappa shape index (κ2) is 39.4. The van der Waals surface area contributed by atoms with Crippen molar-refractivity contribution in [2.24, 2.45) is 7.05 Å². The molecule has 1 aromatic heterocycles. The summed E-state index contributed by atoms with van der Waals surface area (Å²) in [5.41, 5.74) is 1.55. The first-order valence-corrected chi connectivity index (χ1v) is 51.6. The third-order valence-corrected chi connectivity index (χ3v) is 26.7. The number of nitrogens with zero attached hydrogens (tertiary/aromatic N) is 4. The molecule has 5 saturated heterocycles. The largest absolute Gasteiger partial charge is 0.391 e. The van der Waals surface area contributed by atoms with Gasteiger partial charge in [-0.1, -0.05) is 32.2 Å². The SMILES string of the molecule is C=C1NC(=O)C(C#CC)=CN1[C@@H]1O[C@H](CCP(=C)(C)C)[C@@H](O)[C@H]1O.C=C1NC(=O)C(CO)=CN1[C@@H]1O[C@H](CCP(=C)(C)C)[C@@H](O)[C@H]1O.C=C1NC(=O)NC=C1[C@@H]1O[C@H](CCP(=C)(C)C)[C@@H](O)[C@H]1O.C=C1NC(=S)NC=C1[C@@H]1O[C@H](CCP(=C)(C)C)[C@@H](O)[C@H]1O.C=P(C)(C)CC[C@H]1O[C@@H](n2ccc(=O)n(C)c2=O)[C@H](O)[C@@H]1O. The summed E-state index contributed by atoms with van der Waals surface area (Å²) < 4.78 is 31.1. The number of aliphatic hydroxyl groups excluding tert-OH is 11. The molecule has 1 aromatic rings. The summed E-state index contributed by atoms with van der Waals surface area (Å²) >= 11 is 4.99. The highest BCUT2D eigenvalue weighted by molar-refractivity contribution is 7.80. The fraction of sp³-hybridized carbons (Fsp3) is 0.581. The van der Waals surface area contributed by atoms with Gasteiger partial charge in [-0.25, -0.2) is 9.59 Å². The number of hydrogen-bond acceptors (Lipinski definition) is 24. The average Bonchev–Trinajstić information content (AvgIpc) is 1.72. The quantitative estimate of drug-likeness (QED) is 0.0425. The number of rotatable bonds is 21. The number of carbonyl (C=O) groups is 3. The number of carbonyl (C=O) groups excluding carboxylic acids is 3. The molecular formula is C74H119N10O21P5S. The van der Waals surface area contributed by atoms with Gasteiger partial charge in [0.25, 0.3) is 17.4 Å². The minimum atomic E-state index is -1.27. The maximum Gasteiger partial charge on any atom is 0.332 e. The second-order valence-electron chi connectivity index (χ2n) is 32.1. The molecule has 0 aliphatic carbocycles. The minimum Gasteiger partial charge on any atom is -0.391 e. The van der Waals surface area contributed by atoms with E-state index in [9.17, 15) is 80.1 Å². The standard InChI is InChI=1S/C17H25N2O4P.C15H25N2O5P.C14H23N2O5P.C14H23N2O4P.C14H23N2O3PS/c1-6-7-12-10-19(11(2)18-16(12)22)17-15(21)14(20)13(23-17)8-9-24(3,4)5;1-9-16-14(21)10(8-18)7-17(9)15-13(20)12(19)11(22-15)5-6-23(2,3)4;1-15-10(17)5-7-16(14(15)20)13-12(19)11(18)9(21-13)6-8-22(2,3)4;1-8-9(7-15-14(19)16-8)13-12(18)11(17)10(20-13)5-6-21(2,3)4;1-8-9(7-15-14(21)16-8)13-12(18)11(17)10(19-13)5-6-20(2,3)4/h10,13-15,17,20-21H,2-3,8-9H2,1,4-5H3,(H,18,22);7,11-13,15,18-20H,1-2,5-6,8H2,3-4H3,(H,16,21);5,7,9,11-13,18-19H,2,6,8H2,1,3-4H3;7,10-13,17-18H,1-2,5-6H2,3-4H3,(H2,15,16,19);7,10-13,17-18H,1-2,5-6H2,3-4H3,(H2,15,16,21)/t13-,14-,15-,17-;11-,12-,13-,15-;9-,11-,12-,13-;2*10-,11-,12-,13+/m11111/s1. The third kappa shape index (κ3) is 26.3. The normalized spacial score (nSPS) is 31.6. The van der Waals surface area contributed by atoms with Gasteiger partial charge in [-0.15, -0.1) is 71.8 Å². The number of hydrogen-bond donors (Lipinski definition) is 17. The lowest BCUT2D eigenvalue weighted by molar-refractivity contribution is -0.120. The van der Waals surface area contributed by atoms with E-state index in [1.807, 2.05) is 0 Å². The van der Waals surface area contributed by atoms with Gasteiger partial charge in [0, 0.05) is 66.7 Å². The first kappa shape index (κ1) is 94.4. The van der Waals surface area contributed by atoms with Gasteiger partial charge in [-0.2, -0.15) is 0 Å². The van der Waals surface area contributed by atoms with Crippen molar-refractivity contribution in [3.05, 3.63) is 130 Å². The monoisotopic (exact) mass is 1670 g/mol. The van der Waals surface area contributed by atoms with Crippen molar-refractivity contribution in [1.29, 1.82) is 0 Å². The predicted octanol–water partition coefficient (Wildman–Crippen LogP) is -0.345. The molecule has 9 aliphatic heterocycles. The van der Waals surface area contributed by atoms with E-state index >= 15 is 0 Å². The molecule has 111 heavy (non-hydrogen) atoms. The number of ether oxygens (including phenoxy) is 5. The lowest BCUT2D eigenvalue weighted by atomic mass is 9.99. The van der Waals surface area contributed by atoms with Crippen LogP contribution in [0.5, 0.6) is 0 Å². The lowest BCUT2D eigenvalue weighted by Gasteiger charge is -2.34. The van der Waals surface area contributed by atoms with Crippen LogP contribution in [0.2, 0.25) is 0 Å². The molecule has 17 N–H and O–H groups in total. The van der Waals surface area contributed by atoms with Gasteiger partial charge >= 0.3 is 11.7 Å². The molecule has 0 bridgehead atoms. The molecular weight excluding hydrogens is 1550 g/mol. The zero-order valence-electron chi connectivity index (χ0n) is 65.6. The highest BCUT2D eigenvalue weighted by Crippen LogP contribution is 2.44. The van der Waals surface area contributed by atoms with Crippen LogP contribution >= 0.6 is 46.6 Å². The van der Waals surface area contributed by atoms with E-state index in [2.05, 4.69) is 168 Å². The van der Waals surface area contributed by atoms with Gasteiger partial charge in [0.15, 0.2) is 23.8 Å². The molecule has 20 atom stereocenters. The minimum absolute atomic E-state index is 0.135. The maximum absolute atomic E-state index is 12.1. The smallest absolute Gasteiger partial charge is 0.332 e. The number of thiocarbonyl (C=S) groups is 1. The number of aliphatic hydroxyl groups is 11. The Bertz CT molecular complexity index is 4120. The summed E-state index contributed by atoms with van der Waals surface area (Å²) in [6, 6.07) is 0.846. The Balaban J connectivity index is 0.000000217. The molecule has 0 spiro atoms. The summed E-state index contributed by atoms with van der Waals surface area (Å²) in [4.78, 5) is 61.1. The Kier molecular flexibility index (Phi) is 33.5. The molecule has 10 heterocycles. The number of urea groups is 1. The van der Waals surface area contributed by atoms with Crippen LogP contribution in [0.3, 0.4) is 0 Å². The van der Waals surface area contributed by atoms with Gasteiger partial charge < -0.3 is 122 Å². The fourth-order valence-corrected chi connectivity index (χ4v) is 17.6. The molecule has 10 rings (SSSR count). The van der Waals surface area contributed by atoms with Crippen LogP contribution in [0.15, 0.2) is 118 Å². The van der Waals surface area contributed by atoms with Crippen LogP contribution < -0.4 is 43.1 Å². The predicted molar refractivity (Wildman–Crippen MR) is 451 cm³/mol. The van der Waals surface area contributed by atoms with E-state index in [1.54, 1.807) is 13.1 Å².